The van der Waals surface area contributed by atoms with Gasteiger partial charge in [-0.1, -0.05) is 18.6 Å². The van der Waals surface area contributed by atoms with Crippen molar-refractivity contribution < 1.29 is 10.2 Å². The van der Waals surface area contributed by atoms with Crippen molar-refractivity contribution in [3.05, 3.63) is 11.6 Å². The minimum Gasteiger partial charge on any atom is -0.393 e. The number of aliphatic hydroxyl groups excluding tert-OH is 2. The van der Waals surface area contributed by atoms with Gasteiger partial charge in [0.15, 0.2) is 0 Å². The van der Waals surface area contributed by atoms with Crippen molar-refractivity contribution >= 4 is 0 Å². The molecule has 0 aromatic heterocycles. The lowest BCUT2D eigenvalue weighted by atomic mass is 9.51. The lowest BCUT2D eigenvalue weighted by molar-refractivity contribution is -0.0546. The summed E-state index contributed by atoms with van der Waals surface area (Å²) in [5.74, 6) is 5.72. The van der Waals surface area contributed by atoms with Gasteiger partial charge in [-0.05, 0) is 74.0 Å². The van der Waals surface area contributed by atoms with Gasteiger partial charge >= 0.3 is 0 Å². The summed E-state index contributed by atoms with van der Waals surface area (Å²) >= 11 is 0. The largest absolute Gasteiger partial charge is 0.393 e. The first kappa shape index (κ1) is 14.8. The predicted molar refractivity (Wildman–Crippen MR) is 86.8 cm³/mol. The molecule has 3 fully saturated rings. The summed E-state index contributed by atoms with van der Waals surface area (Å²) in [6.07, 6.45) is 15.1. The van der Waals surface area contributed by atoms with Gasteiger partial charge in [-0.3, -0.25) is 0 Å². The fourth-order valence-electron chi connectivity index (χ4n) is 6.52. The molecule has 8 atom stereocenters. The van der Waals surface area contributed by atoms with Crippen molar-refractivity contribution in [1.82, 2.24) is 0 Å². The lowest BCUT2D eigenvalue weighted by Crippen LogP contribution is -2.49. The molecule has 0 saturated heterocycles. The third-order valence-electron chi connectivity index (χ3n) is 7.63. The summed E-state index contributed by atoms with van der Waals surface area (Å²) < 4.78 is 0. The summed E-state index contributed by atoms with van der Waals surface area (Å²) in [5.41, 5.74) is 1.57. The Balaban J connectivity index is 1.67. The molecule has 0 aromatic carbocycles. The van der Waals surface area contributed by atoms with Gasteiger partial charge in [0.25, 0.3) is 0 Å². The molecule has 4 rings (SSSR count). The van der Waals surface area contributed by atoms with Gasteiger partial charge in [0.1, 0.15) is 0 Å². The van der Waals surface area contributed by atoms with Crippen molar-refractivity contribution in [2.24, 2.45) is 35.0 Å². The Kier molecular flexibility index (Phi) is 3.44. The second-order valence-corrected chi connectivity index (χ2v) is 8.48. The SMILES string of the molecule is C#C[C@@H]1C[C@H](O)CC2=CCC3C(CC[C@@]4(C)C3CC[C@@H]4O)C21. The molecule has 0 amide bonds. The fraction of sp³-hybridized carbons (Fsp3) is 0.800. The lowest BCUT2D eigenvalue weighted by Gasteiger charge is -2.54. The Morgan fingerprint density at radius 1 is 1.23 bits per heavy atom. The van der Waals surface area contributed by atoms with Gasteiger partial charge in [-0.25, -0.2) is 0 Å². The Morgan fingerprint density at radius 2 is 2.05 bits per heavy atom. The molecule has 2 N–H and O–H groups in total. The van der Waals surface area contributed by atoms with E-state index in [2.05, 4.69) is 18.9 Å². The van der Waals surface area contributed by atoms with Crippen molar-refractivity contribution in [3.8, 4) is 12.3 Å². The highest BCUT2D eigenvalue weighted by atomic mass is 16.3. The average molecular weight is 300 g/mol. The standard InChI is InChI=1S/C20H28O2/c1-3-12-10-14(21)11-13-4-5-15-16(19(12)13)8-9-20(2)17(15)6-7-18(20)22/h1,4,12,14-19,21-22H,5-11H2,2H3/t12-,14+,15?,16?,17?,18+,19?,20+/m1/s1. The molecule has 0 radical (unpaired) electrons. The van der Waals surface area contributed by atoms with Crippen LogP contribution in [0, 0.1) is 47.3 Å². The van der Waals surface area contributed by atoms with Crippen LogP contribution < -0.4 is 0 Å². The predicted octanol–water partition coefficient (Wildman–Crippen LogP) is 3.14. The highest BCUT2D eigenvalue weighted by Gasteiger charge is 2.56. The van der Waals surface area contributed by atoms with Crippen LogP contribution in [0.4, 0.5) is 0 Å². The van der Waals surface area contributed by atoms with Crippen LogP contribution in [0.25, 0.3) is 0 Å². The van der Waals surface area contributed by atoms with Crippen molar-refractivity contribution in [1.29, 1.82) is 0 Å². The average Bonchev–Trinajstić information content (AvgIpc) is 2.81. The summed E-state index contributed by atoms with van der Waals surface area (Å²) in [4.78, 5) is 0. The van der Waals surface area contributed by atoms with Crippen LogP contribution in [0.2, 0.25) is 0 Å². The minimum absolute atomic E-state index is 0.111. The summed E-state index contributed by atoms with van der Waals surface area (Å²) in [6, 6.07) is 0. The Hall–Kier alpha value is -0.780. The first-order chi connectivity index (χ1) is 10.5. The molecular weight excluding hydrogens is 272 g/mol. The third-order valence-corrected chi connectivity index (χ3v) is 7.63. The van der Waals surface area contributed by atoms with Gasteiger partial charge in [0.2, 0.25) is 0 Å². The number of hydrogen-bond acceptors (Lipinski definition) is 2. The molecule has 0 heterocycles. The first-order valence-corrected chi connectivity index (χ1v) is 9.05. The monoisotopic (exact) mass is 300 g/mol. The quantitative estimate of drug-likeness (QED) is 0.533. The number of terminal acetylenes is 1. The van der Waals surface area contributed by atoms with Crippen LogP contribution in [0.3, 0.4) is 0 Å². The van der Waals surface area contributed by atoms with Crippen LogP contribution in [-0.2, 0) is 0 Å². The van der Waals surface area contributed by atoms with E-state index in [1.165, 1.54) is 18.4 Å². The number of fused-ring (bicyclic) bond motifs is 5. The fourth-order valence-corrected chi connectivity index (χ4v) is 6.52. The molecular formula is C20H28O2. The zero-order chi connectivity index (χ0) is 15.5. The van der Waals surface area contributed by atoms with Crippen molar-refractivity contribution in [3.63, 3.8) is 0 Å². The minimum atomic E-state index is -0.248. The topological polar surface area (TPSA) is 40.5 Å². The van der Waals surface area contributed by atoms with E-state index in [-0.39, 0.29) is 23.5 Å². The molecule has 120 valence electrons. The molecule has 2 heteroatoms. The summed E-state index contributed by atoms with van der Waals surface area (Å²) in [6.45, 7) is 2.31. The summed E-state index contributed by atoms with van der Waals surface area (Å²) in [5, 5.41) is 20.6. The van der Waals surface area contributed by atoms with Crippen LogP contribution in [-0.4, -0.2) is 22.4 Å². The third kappa shape index (κ3) is 1.95. The van der Waals surface area contributed by atoms with Crippen LogP contribution >= 0.6 is 0 Å². The van der Waals surface area contributed by atoms with Crippen LogP contribution in [0.1, 0.15) is 51.9 Å². The van der Waals surface area contributed by atoms with Gasteiger partial charge in [-0.15, -0.1) is 12.3 Å². The van der Waals surface area contributed by atoms with Crippen molar-refractivity contribution in [2.75, 3.05) is 0 Å². The van der Waals surface area contributed by atoms with Gasteiger partial charge in [0.05, 0.1) is 12.2 Å². The van der Waals surface area contributed by atoms with Crippen LogP contribution in [0.5, 0.6) is 0 Å². The van der Waals surface area contributed by atoms with Gasteiger partial charge in [-0.2, -0.15) is 0 Å². The maximum atomic E-state index is 10.5. The maximum absolute atomic E-state index is 10.5. The second kappa shape index (κ2) is 5.11. The highest BCUT2D eigenvalue weighted by molar-refractivity contribution is 5.24. The Bertz CT molecular complexity index is 530. The maximum Gasteiger partial charge on any atom is 0.0596 e. The smallest absolute Gasteiger partial charge is 0.0596 e. The number of aliphatic hydroxyl groups is 2. The van der Waals surface area contributed by atoms with E-state index in [0.29, 0.717) is 23.7 Å². The first-order valence-electron chi connectivity index (χ1n) is 9.05. The van der Waals surface area contributed by atoms with E-state index in [1.807, 2.05) is 0 Å². The molecule has 4 aliphatic rings. The van der Waals surface area contributed by atoms with Gasteiger partial charge < -0.3 is 10.2 Å². The normalized spacial score (nSPS) is 53.7. The molecule has 0 aliphatic heterocycles. The zero-order valence-electron chi connectivity index (χ0n) is 13.5. The van der Waals surface area contributed by atoms with Gasteiger partial charge in [0, 0.05) is 5.92 Å². The van der Waals surface area contributed by atoms with E-state index >= 15 is 0 Å². The molecule has 3 saturated carbocycles. The molecule has 0 bridgehead atoms. The van der Waals surface area contributed by atoms with E-state index in [1.54, 1.807) is 0 Å². The molecule has 2 nitrogen and oxygen atoms in total. The van der Waals surface area contributed by atoms with E-state index in [9.17, 15) is 10.2 Å². The van der Waals surface area contributed by atoms with Crippen molar-refractivity contribution in [2.45, 2.75) is 64.1 Å². The molecule has 4 unspecified atom stereocenters. The Labute approximate surface area is 134 Å². The summed E-state index contributed by atoms with van der Waals surface area (Å²) in [7, 11) is 0. The number of hydrogen-bond donors (Lipinski definition) is 2. The van der Waals surface area contributed by atoms with E-state index in [0.717, 1.165) is 32.1 Å². The number of allylic oxidation sites excluding steroid dienone is 1. The van der Waals surface area contributed by atoms with Crippen LogP contribution in [0.15, 0.2) is 11.6 Å². The van der Waals surface area contributed by atoms with E-state index < -0.39 is 0 Å². The second-order valence-electron chi connectivity index (χ2n) is 8.48. The molecule has 0 aromatic rings. The zero-order valence-corrected chi connectivity index (χ0v) is 13.5. The highest BCUT2D eigenvalue weighted by Crippen LogP contribution is 2.61. The molecule has 22 heavy (non-hydrogen) atoms. The molecule has 0 spiro atoms. The Morgan fingerprint density at radius 3 is 2.82 bits per heavy atom. The number of rotatable bonds is 0. The molecule has 4 aliphatic carbocycles. The van der Waals surface area contributed by atoms with E-state index in [4.69, 9.17) is 6.42 Å².